The van der Waals surface area contributed by atoms with E-state index in [-0.39, 0.29) is 23.5 Å². The lowest BCUT2D eigenvalue weighted by atomic mass is 9.99. The third-order valence-electron chi connectivity index (χ3n) is 3.38. The van der Waals surface area contributed by atoms with Crippen LogP contribution in [-0.4, -0.2) is 11.6 Å². The molecule has 0 spiro atoms. The maximum Gasteiger partial charge on any atom is 0.240 e. The second-order valence-corrected chi connectivity index (χ2v) is 4.95. The zero-order valence-electron chi connectivity index (χ0n) is 11.4. The maximum absolute atomic E-state index is 14.2. The van der Waals surface area contributed by atoms with E-state index >= 15 is 0 Å². The van der Waals surface area contributed by atoms with Crippen LogP contribution >= 0.6 is 0 Å². The normalized spacial score (nSPS) is 14.5. The predicted molar refractivity (Wildman–Crippen MR) is 75.7 cm³/mol. The molecule has 1 aliphatic rings. The van der Waals surface area contributed by atoms with Gasteiger partial charge in [0.1, 0.15) is 17.5 Å². The lowest BCUT2D eigenvalue weighted by Gasteiger charge is -2.13. The summed E-state index contributed by atoms with van der Waals surface area (Å²) in [7, 11) is 0. The van der Waals surface area contributed by atoms with Crippen LogP contribution < -0.4 is 5.43 Å². The Balaban J connectivity index is 1.97. The van der Waals surface area contributed by atoms with Crippen LogP contribution in [0.2, 0.25) is 0 Å². The molecule has 0 bridgehead atoms. The number of carbonyl (C=O) groups excluding carboxylic acids is 1. The van der Waals surface area contributed by atoms with E-state index in [2.05, 4.69) is 10.5 Å². The molecule has 2 aromatic rings. The van der Waals surface area contributed by atoms with E-state index in [4.69, 9.17) is 0 Å². The molecule has 6 heteroatoms. The molecule has 1 N–H and O–H groups in total. The molecule has 1 amide bonds. The van der Waals surface area contributed by atoms with Gasteiger partial charge in [0.25, 0.3) is 0 Å². The minimum atomic E-state index is -0.766. The van der Waals surface area contributed by atoms with Crippen LogP contribution in [0.1, 0.15) is 18.4 Å². The fourth-order valence-electron chi connectivity index (χ4n) is 2.32. The topological polar surface area (TPSA) is 41.5 Å². The van der Waals surface area contributed by atoms with Crippen LogP contribution in [0, 0.1) is 17.5 Å². The largest absolute Gasteiger partial charge is 0.273 e. The molecule has 3 nitrogen and oxygen atoms in total. The highest BCUT2D eigenvalue weighted by Crippen LogP contribution is 2.26. The summed E-state index contributed by atoms with van der Waals surface area (Å²) in [5.41, 5.74) is 3.65. The second kappa shape index (κ2) is 5.63. The van der Waals surface area contributed by atoms with Gasteiger partial charge in [-0.05, 0) is 23.8 Å². The summed E-state index contributed by atoms with van der Waals surface area (Å²) in [6, 6.07) is 7.16. The lowest BCUT2D eigenvalue weighted by molar-refractivity contribution is -0.121. The van der Waals surface area contributed by atoms with E-state index in [0.29, 0.717) is 17.7 Å². The Morgan fingerprint density at radius 3 is 2.23 bits per heavy atom. The van der Waals surface area contributed by atoms with Gasteiger partial charge in [-0.15, -0.1) is 0 Å². The molecule has 0 saturated heterocycles. The fourth-order valence-corrected chi connectivity index (χ4v) is 2.32. The van der Waals surface area contributed by atoms with Gasteiger partial charge < -0.3 is 0 Å². The Kier molecular flexibility index (Phi) is 3.66. The Bertz CT molecular complexity index is 767. The van der Waals surface area contributed by atoms with Gasteiger partial charge >= 0.3 is 0 Å². The minimum absolute atomic E-state index is 0.0996. The summed E-state index contributed by atoms with van der Waals surface area (Å²) in [5.74, 6) is -2.33. The quantitative estimate of drug-likeness (QED) is 0.908. The van der Waals surface area contributed by atoms with Crippen molar-refractivity contribution in [1.82, 2.24) is 5.43 Å². The predicted octanol–water partition coefficient (Wildman–Crippen LogP) is 3.39. The summed E-state index contributed by atoms with van der Waals surface area (Å²) in [6.07, 6.45) is 0.705. The first kappa shape index (κ1) is 14.3. The number of benzene rings is 2. The van der Waals surface area contributed by atoms with Crippen molar-refractivity contribution in [3.8, 4) is 11.1 Å². The lowest BCUT2D eigenvalue weighted by Crippen LogP contribution is -2.25. The smallest absolute Gasteiger partial charge is 0.240 e. The number of halogens is 3. The van der Waals surface area contributed by atoms with Crippen molar-refractivity contribution in [2.24, 2.45) is 5.10 Å². The van der Waals surface area contributed by atoms with E-state index in [1.807, 2.05) is 0 Å². The molecular formula is C16H11F3N2O. The summed E-state index contributed by atoms with van der Waals surface area (Å²) < 4.78 is 40.7. The number of hydrogen-bond donors (Lipinski definition) is 1. The summed E-state index contributed by atoms with van der Waals surface area (Å²) >= 11 is 0. The Hall–Kier alpha value is -2.63. The van der Waals surface area contributed by atoms with Gasteiger partial charge in [0.15, 0.2) is 0 Å². The first-order valence-corrected chi connectivity index (χ1v) is 6.65. The number of rotatable bonds is 2. The summed E-state index contributed by atoms with van der Waals surface area (Å²) in [4.78, 5) is 11.0. The van der Waals surface area contributed by atoms with E-state index in [1.54, 1.807) is 6.07 Å². The molecule has 2 aromatic carbocycles. The van der Waals surface area contributed by atoms with Crippen LogP contribution in [0.15, 0.2) is 41.5 Å². The highest BCUT2D eigenvalue weighted by atomic mass is 19.1. The molecule has 3 rings (SSSR count). The minimum Gasteiger partial charge on any atom is -0.273 e. The molecule has 112 valence electrons. The SMILES string of the molecule is O=C1CCC(c2ccc(-c3cc(F)cc(F)c3)c(F)c2)=NN1. The standard InChI is InChI=1S/C16H11F3N2O/c17-11-5-10(6-12(18)8-11)13-2-1-9(7-14(13)19)15-3-4-16(22)21-20-15/h1-2,5-8H,3-4H2,(H,21,22). The first-order chi connectivity index (χ1) is 10.5. The molecule has 0 radical (unpaired) electrons. The number of hydrogen-bond acceptors (Lipinski definition) is 2. The number of carbonyl (C=O) groups is 1. The third-order valence-corrected chi connectivity index (χ3v) is 3.38. The van der Waals surface area contributed by atoms with Crippen LogP contribution in [0.3, 0.4) is 0 Å². The highest BCUT2D eigenvalue weighted by Gasteiger charge is 2.15. The molecule has 1 aliphatic heterocycles. The average Bonchev–Trinajstić information content (AvgIpc) is 2.46. The molecule has 0 unspecified atom stereocenters. The molecule has 0 aromatic heterocycles. The molecule has 0 aliphatic carbocycles. The summed E-state index contributed by atoms with van der Waals surface area (Å²) in [5, 5.41) is 3.88. The zero-order chi connectivity index (χ0) is 15.7. The van der Waals surface area contributed by atoms with Crippen LogP contribution in [0.4, 0.5) is 13.2 Å². The molecular weight excluding hydrogens is 293 g/mol. The van der Waals surface area contributed by atoms with Crippen molar-refractivity contribution in [3.05, 3.63) is 59.4 Å². The fraction of sp³-hybridized carbons (Fsp3) is 0.125. The zero-order valence-corrected chi connectivity index (χ0v) is 11.4. The number of hydrazone groups is 1. The van der Waals surface area contributed by atoms with Crippen molar-refractivity contribution in [1.29, 1.82) is 0 Å². The van der Waals surface area contributed by atoms with Gasteiger partial charge in [-0.3, -0.25) is 4.79 Å². The first-order valence-electron chi connectivity index (χ1n) is 6.65. The number of nitrogens with one attached hydrogen (secondary N) is 1. The van der Waals surface area contributed by atoms with E-state index in [0.717, 1.165) is 18.2 Å². The van der Waals surface area contributed by atoms with E-state index < -0.39 is 17.5 Å². The van der Waals surface area contributed by atoms with Gasteiger partial charge in [-0.25, -0.2) is 18.6 Å². The second-order valence-electron chi connectivity index (χ2n) is 4.95. The molecule has 22 heavy (non-hydrogen) atoms. The van der Waals surface area contributed by atoms with E-state index in [1.165, 1.54) is 12.1 Å². The summed E-state index contributed by atoms with van der Waals surface area (Å²) in [6.45, 7) is 0. The van der Waals surface area contributed by atoms with Crippen molar-refractivity contribution in [3.63, 3.8) is 0 Å². The van der Waals surface area contributed by atoms with Crippen molar-refractivity contribution in [2.75, 3.05) is 0 Å². The van der Waals surface area contributed by atoms with Crippen molar-refractivity contribution >= 4 is 11.6 Å². The van der Waals surface area contributed by atoms with Gasteiger partial charge in [0.05, 0.1) is 5.71 Å². The van der Waals surface area contributed by atoms with Gasteiger partial charge in [0.2, 0.25) is 5.91 Å². The Labute approximate surface area is 124 Å². The average molecular weight is 304 g/mol. The van der Waals surface area contributed by atoms with Gasteiger partial charge in [0, 0.05) is 30.0 Å². The molecule has 0 fully saturated rings. The molecule has 0 saturated carbocycles. The van der Waals surface area contributed by atoms with Gasteiger partial charge in [-0.1, -0.05) is 12.1 Å². The monoisotopic (exact) mass is 304 g/mol. The number of amides is 1. The Morgan fingerprint density at radius 1 is 0.909 bits per heavy atom. The highest BCUT2D eigenvalue weighted by molar-refractivity contribution is 6.04. The van der Waals surface area contributed by atoms with Gasteiger partial charge in [-0.2, -0.15) is 5.10 Å². The van der Waals surface area contributed by atoms with Crippen LogP contribution in [0.5, 0.6) is 0 Å². The third kappa shape index (κ3) is 2.86. The molecule has 0 atom stereocenters. The van der Waals surface area contributed by atoms with E-state index in [9.17, 15) is 18.0 Å². The Morgan fingerprint density at radius 2 is 1.64 bits per heavy atom. The molecule has 1 heterocycles. The maximum atomic E-state index is 14.2. The van der Waals surface area contributed by atoms with Crippen molar-refractivity contribution in [2.45, 2.75) is 12.8 Å². The van der Waals surface area contributed by atoms with Crippen molar-refractivity contribution < 1.29 is 18.0 Å². The van der Waals surface area contributed by atoms with Crippen LogP contribution in [-0.2, 0) is 4.79 Å². The number of nitrogens with zero attached hydrogens (tertiary/aromatic N) is 1. The van der Waals surface area contributed by atoms with Crippen LogP contribution in [0.25, 0.3) is 11.1 Å².